The fraction of sp³-hybridized carbons (Fsp3) is 0.600. The van der Waals surface area contributed by atoms with Crippen LogP contribution < -0.4 is 0 Å². The van der Waals surface area contributed by atoms with Crippen molar-refractivity contribution < 1.29 is 4.74 Å². The molecule has 0 saturated heterocycles. The molecule has 0 spiro atoms. The van der Waals surface area contributed by atoms with E-state index in [1.54, 1.807) is 0 Å². The van der Waals surface area contributed by atoms with Crippen molar-refractivity contribution in [1.29, 1.82) is 0 Å². The third kappa shape index (κ3) is 2.30. The van der Waals surface area contributed by atoms with E-state index in [1.165, 1.54) is 37.7 Å². The molecule has 0 amide bonds. The molecule has 1 heteroatoms. The van der Waals surface area contributed by atoms with Crippen LogP contribution in [-0.2, 0) is 4.74 Å². The van der Waals surface area contributed by atoms with Crippen molar-refractivity contribution in [1.82, 2.24) is 0 Å². The fourth-order valence-corrected chi connectivity index (χ4v) is 2.67. The van der Waals surface area contributed by atoms with Gasteiger partial charge in [0.25, 0.3) is 0 Å². The van der Waals surface area contributed by atoms with E-state index >= 15 is 0 Å². The Kier molecular flexibility index (Phi) is 3.65. The number of methoxy groups -OCH3 is 1. The standard InChI is InChI=1S/C15H22O/c1-3-4-8-11-15(16-2)12-14(15)13-9-6-5-7-10-13/h5-7,9-10,14H,3-4,8,11-12H2,1-2H3/t14-,15-/m1/s1. The molecule has 2 rings (SSSR count). The summed E-state index contributed by atoms with van der Waals surface area (Å²) in [5.74, 6) is 0.635. The van der Waals surface area contributed by atoms with Crippen LogP contribution in [0.5, 0.6) is 0 Å². The summed E-state index contributed by atoms with van der Waals surface area (Å²) in [5, 5.41) is 0. The number of hydrogen-bond donors (Lipinski definition) is 0. The van der Waals surface area contributed by atoms with Crippen molar-refractivity contribution in [3.8, 4) is 0 Å². The molecule has 0 N–H and O–H groups in total. The Morgan fingerprint density at radius 3 is 2.62 bits per heavy atom. The first kappa shape index (κ1) is 11.7. The van der Waals surface area contributed by atoms with Crippen molar-refractivity contribution in [3.05, 3.63) is 35.9 Å². The summed E-state index contributed by atoms with van der Waals surface area (Å²) in [6.45, 7) is 2.25. The Morgan fingerprint density at radius 1 is 1.25 bits per heavy atom. The van der Waals surface area contributed by atoms with Crippen LogP contribution in [0.15, 0.2) is 30.3 Å². The first-order chi connectivity index (χ1) is 7.82. The van der Waals surface area contributed by atoms with Crippen LogP contribution in [0.3, 0.4) is 0 Å². The summed E-state index contributed by atoms with van der Waals surface area (Å²) in [5.41, 5.74) is 1.61. The lowest BCUT2D eigenvalue weighted by molar-refractivity contribution is 0.0648. The van der Waals surface area contributed by atoms with Crippen LogP contribution >= 0.6 is 0 Å². The SMILES string of the molecule is CCCCC[C@@]1(OC)C[C@@H]1c1ccccc1. The van der Waals surface area contributed by atoms with Gasteiger partial charge in [0, 0.05) is 13.0 Å². The van der Waals surface area contributed by atoms with E-state index in [1.807, 2.05) is 7.11 Å². The number of benzene rings is 1. The van der Waals surface area contributed by atoms with E-state index in [4.69, 9.17) is 4.74 Å². The lowest BCUT2D eigenvalue weighted by Crippen LogP contribution is -2.14. The highest BCUT2D eigenvalue weighted by molar-refractivity contribution is 5.31. The lowest BCUT2D eigenvalue weighted by atomic mass is 10.0. The molecule has 1 fully saturated rings. The van der Waals surface area contributed by atoms with Gasteiger partial charge in [0.05, 0.1) is 5.60 Å². The fourth-order valence-electron chi connectivity index (χ4n) is 2.67. The van der Waals surface area contributed by atoms with E-state index in [0.717, 1.165) is 0 Å². The zero-order chi connectivity index (χ0) is 11.4. The maximum atomic E-state index is 5.76. The van der Waals surface area contributed by atoms with Gasteiger partial charge in [-0.25, -0.2) is 0 Å². The molecule has 2 atom stereocenters. The maximum Gasteiger partial charge on any atom is 0.0754 e. The Morgan fingerprint density at radius 2 is 2.00 bits per heavy atom. The molecule has 1 saturated carbocycles. The van der Waals surface area contributed by atoms with Gasteiger partial charge in [0.15, 0.2) is 0 Å². The normalized spacial score (nSPS) is 28.0. The van der Waals surface area contributed by atoms with Crippen LogP contribution in [0.1, 0.15) is 50.5 Å². The summed E-state index contributed by atoms with van der Waals surface area (Å²) in [6.07, 6.45) is 6.34. The smallest absolute Gasteiger partial charge is 0.0754 e. The van der Waals surface area contributed by atoms with E-state index in [2.05, 4.69) is 37.3 Å². The van der Waals surface area contributed by atoms with Gasteiger partial charge in [-0.1, -0.05) is 56.5 Å². The average Bonchev–Trinajstić information content (AvgIpc) is 3.06. The third-order valence-corrected chi connectivity index (χ3v) is 3.84. The second-order valence-electron chi connectivity index (χ2n) is 4.89. The highest BCUT2D eigenvalue weighted by atomic mass is 16.5. The summed E-state index contributed by atoms with van der Waals surface area (Å²) >= 11 is 0. The molecule has 0 aliphatic heterocycles. The van der Waals surface area contributed by atoms with E-state index in [-0.39, 0.29) is 5.60 Å². The second kappa shape index (κ2) is 5.01. The molecule has 0 bridgehead atoms. The van der Waals surface area contributed by atoms with E-state index in [0.29, 0.717) is 5.92 Å². The van der Waals surface area contributed by atoms with Gasteiger partial charge in [-0.3, -0.25) is 0 Å². The van der Waals surface area contributed by atoms with Crippen molar-refractivity contribution in [2.75, 3.05) is 7.11 Å². The van der Waals surface area contributed by atoms with Crippen molar-refractivity contribution in [3.63, 3.8) is 0 Å². The maximum absolute atomic E-state index is 5.76. The van der Waals surface area contributed by atoms with Crippen LogP contribution in [0.4, 0.5) is 0 Å². The Bertz CT molecular complexity index is 319. The van der Waals surface area contributed by atoms with Crippen molar-refractivity contribution in [2.24, 2.45) is 0 Å². The summed E-state index contributed by atoms with van der Waals surface area (Å²) in [4.78, 5) is 0. The molecule has 1 aromatic carbocycles. The van der Waals surface area contributed by atoms with Crippen LogP contribution in [0, 0.1) is 0 Å². The predicted molar refractivity (Wildman–Crippen MR) is 67.7 cm³/mol. The molecule has 16 heavy (non-hydrogen) atoms. The Labute approximate surface area is 98.8 Å². The van der Waals surface area contributed by atoms with Gasteiger partial charge in [0.2, 0.25) is 0 Å². The first-order valence-corrected chi connectivity index (χ1v) is 6.42. The van der Waals surface area contributed by atoms with Gasteiger partial charge in [-0.2, -0.15) is 0 Å². The Hall–Kier alpha value is -0.820. The third-order valence-electron chi connectivity index (χ3n) is 3.84. The van der Waals surface area contributed by atoms with Gasteiger partial charge < -0.3 is 4.74 Å². The highest BCUT2D eigenvalue weighted by Crippen LogP contribution is 2.56. The minimum Gasteiger partial charge on any atom is -0.378 e. The van der Waals surface area contributed by atoms with Gasteiger partial charge in [-0.05, 0) is 18.4 Å². The zero-order valence-electron chi connectivity index (χ0n) is 10.4. The number of rotatable bonds is 6. The Balaban J connectivity index is 1.95. The van der Waals surface area contributed by atoms with Gasteiger partial charge >= 0.3 is 0 Å². The molecule has 1 nitrogen and oxygen atoms in total. The molecule has 88 valence electrons. The first-order valence-electron chi connectivity index (χ1n) is 6.42. The monoisotopic (exact) mass is 218 g/mol. The van der Waals surface area contributed by atoms with E-state index < -0.39 is 0 Å². The van der Waals surface area contributed by atoms with Crippen LogP contribution in [0.2, 0.25) is 0 Å². The quantitative estimate of drug-likeness (QED) is 0.652. The van der Waals surface area contributed by atoms with E-state index in [9.17, 15) is 0 Å². The number of hydrogen-bond acceptors (Lipinski definition) is 1. The van der Waals surface area contributed by atoms with Crippen molar-refractivity contribution in [2.45, 2.75) is 50.5 Å². The molecule has 0 radical (unpaired) electrons. The molecule has 1 aromatic rings. The topological polar surface area (TPSA) is 9.23 Å². The summed E-state index contributed by atoms with van der Waals surface area (Å²) < 4.78 is 5.76. The summed E-state index contributed by atoms with van der Waals surface area (Å²) in [7, 11) is 1.87. The molecule has 0 heterocycles. The lowest BCUT2D eigenvalue weighted by Gasteiger charge is -2.15. The van der Waals surface area contributed by atoms with Crippen LogP contribution in [0.25, 0.3) is 0 Å². The molecule has 1 aliphatic rings. The highest BCUT2D eigenvalue weighted by Gasteiger charge is 2.54. The molecule has 1 aliphatic carbocycles. The number of ether oxygens (including phenoxy) is 1. The molecular formula is C15H22O. The average molecular weight is 218 g/mol. The van der Waals surface area contributed by atoms with Gasteiger partial charge in [0.1, 0.15) is 0 Å². The van der Waals surface area contributed by atoms with Crippen molar-refractivity contribution >= 4 is 0 Å². The minimum atomic E-state index is 0.163. The van der Waals surface area contributed by atoms with Gasteiger partial charge in [-0.15, -0.1) is 0 Å². The number of unbranched alkanes of at least 4 members (excludes halogenated alkanes) is 2. The largest absolute Gasteiger partial charge is 0.378 e. The predicted octanol–water partition coefficient (Wildman–Crippen LogP) is 4.14. The molecule has 0 unspecified atom stereocenters. The molecular weight excluding hydrogens is 196 g/mol. The second-order valence-corrected chi connectivity index (χ2v) is 4.89. The molecule has 0 aromatic heterocycles. The van der Waals surface area contributed by atoms with Crippen LogP contribution in [-0.4, -0.2) is 12.7 Å². The summed E-state index contributed by atoms with van der Waals surface area (Å²) in [6, 6.07) is 10.8. The zero-order valence-corrected chi connectivity index (χ0v) is 10.4. The minimum absolute atomic E-state index is 0.163.